The van der Waals surface area contributed by atoms with Crippen molar-refractivity contribution in [3.63, 3.8) is 0 Å². The van der Waals surface area contributed by atoms with Crippen LogP contribution in [0.3, 0.4) is 0 Å². The van der Waals surface area contributed by atoms with Crippen LogP contribution in [0, 0.1) is 0 Å². The summed E-state index contributed by atoms with van der Waals surface area (Å²) in [6.07, 6.45) is 1.06. The van der Waals surface area contributed by atoms with Crippen molar-refractivity contribution in [3.8, 4) is 0 Å². The van der Waals surface area contributed by atoms with E-state index in [0.29, 0.717) is 19.1 Å². The molecule has 1 heterocycles. The fourth-order valence-corrected chi connectivity index (χ4v) is 2.29. The van der Waals surface area contributed by atoms with Crippen molar-refractivity contribution in [2.75, 3.05) is 18.5 Å². The smallest absolute Gasteiger partial charge is 0.156 e. The molecule has 1 aromatic heterocycles. The molecule has 0 radical (unpaired) electrons. The molecule has 0 saturated carbocycles. The van der Waals surface area contributed by atoms with Crippen molar-refractivity contribution in [3.05, 3.63) is 16.0 Å². The number of nitrogens with one attached hydrogen (secondary N) is 1. The van der Waals surface area contributed by atoms with Crippen molar-refractivity contribution in [2.24, 2.45) is 0 Å². The lowest BCUT2D eigenvalue weighted by Crippen LogP contribution is -2.10. The van der Waals surface area contributed by atoms with Crippen molar-refractivity contribution in [2.45, 2.75) is 46.6 Å². The van der Waals surface area contributed by atoms with Gasteiger partial charge in [-0.25, -0.2) is 9.97 Å². The number of nitrogens with zero attached hydrogens (tertiary/aromatic N) is 2. The molecule has 0 unspecified atom stereocenters. The maximum atomic E-state index is 5.39. The monoisotopic (exact) mass is 315 g/mol. The van der Waals surface area contributed by atoms with Crippen LogP contribution >= 0.6 is 15.9 Å². The Morgan fingerprint density at radius 3 is 2.56 bits per heavy atom. The summed E-state index contributed by atoms with van der Waals surface area (Å²) in [5, 5.41) is 3.32. The summed E-state index contributed by atoms with van der Waals surface area (Å²) in [6, 6.07) is 0. The van der Waals surface area contributed by atoms with Gasteiger partial charge in [0.25, 0.3) is 0 Å². The van der Waals surface area contributed by atoms with E-state index in [4.69, 9.17) is 4.74 Å². The van der Waals surface area contributed by atoms with E-state index in [2.05, 4.69) is 52.0 Å². The van der Waals surface area contributed by atoms with Crippen LogP contribution in [0.15, 0.2) is 4.47 Å². The molecule has 1 N–H and O–H groups in total. The van der Waals surface area contributed by atoms with E-state index >= 15 is 0 Å². The van der Waals surface area contributed by atoms with Crippen LogP contribution in [0.25, 0.3) is 0 Å². The van der Waals surface area contributed by atoms with Crippen molar-refractivity contribution in [1.82, 2.24) is 9.97 Å². The average Bonchev–Trinajstić information content (AvgIpc) is 2.35. The summed E-state index contributed by atoms with van der Waals surface area (Å²) in [7, 11) is 0. The van der Waals surface area contributed by atoms with Crippen molar-refractivity contribution >= 4 is 21.7 Å². The Morgan fingerprint density at radius 1 is 1.28 bits per heavy atom. The Balaban J connectivity index is 3.02. The molecule has 0 amide bonds. The fraction of sp³-hybridized carbons (Fsp3) is 0.692. The summed E-state index contributed by atoms with van der Waals surface area (Å²) >= 11 is 3.59. The van der Waals surface area contributed by atoms with Gasteiger partial charge in [-0.3, -0.25) is 0 Å². The van der Waals surface area contributed by atoms with Gasteiger partial charge in [0, 0.05) is 13.2 Å². The van der Waals surface area contributed by atoms with Crippen LogP contribution < -0.4 is 5.32 Å². The minimum atomic E-state index is 0.352. The maximum Gasteiger partial charge on any atom is 0.156 e. The molecule has 5 heteroatoms. The van der Waals surface area contributed by atoms with E-state index in [9.17, 15) is 0 Å². The van der Waals surface area contributed by atoms with E-state index in [1.807, 2.05) is 6.92 Å². The van der Waals surface area contributed by atoms with Crippen LogP contribution in [-0.2, 0) is 11.3 Å². The molecule has 18 heavy (non-hydrogen) atoms. The van der Waals surface area contributed by atoms with Crippen LogP contribution in [0.5, 0.6) is 0 Å². The first-order chi connectivity index (χ1) is 8.60. The largest absolute Gasteiger partial charge is 0.374 e. The predicted molar refractivity (Wildman–Crippen MR) is 77.9 cm³/mol. The third kappa shape index (κ3) is 4.21. The average molecular weight is 316 g/mol. The lowest BCUT2D eigenvalue weighted by atomic mass is 10.1. The lowest BCUT2D eigenvalue weighted by molar-refractivity contribution is 0.128. The third-order valence-electron chi connectivity index (χ3n) is 2.45. The molecule has 0 spiro atoms. The highest BCUT2D eigenvalue weighted by Gasteiger charge is 2.14. The molecule has 0 bridgehead atoms. The molecular weight excluding hydrogens is 294 g/mol. The Bertz CT molecular complexity index is 383. The second-order valence-corrected chi connectivity index (χ2v) is 5.20. The lowest BCUT2D eigenvalue weighted by Gasteiger charge is -2.14. The van der Waals surface area contributed by atoms with Gasteiger partial charge in [0.15, 0.2) is 5.82 Å². The normalized spacial score (nSPS) is 11.0. The topological polar surface area (TPSA) is 47.0 Å². The Kier molecular flexibility index (Phi) is 6.57. The zero-order valence-electron chi connectivity index (χ0n) is 11.6. The van der Waals surface area contributed by atoms with E-state index in [1.54, 1.807) is 0 Å². The SMILES string of the molecule is CCCNc1nc(COCC)nc(C(C)C)c1Br. The highest BCUT2D eigenvalue weighted by atomic mass is 79.9. The van der Waals surface area contributed by atoms with Crippen molar-refractivity contribution < 1.29 is 4.74 Å². The van der Waals surface area contributed by atoms with Crippen LogP contribution in [0.2, 0.25) is 0 Å². The first-order valence-electron chi connectivity index (χ1n) is 6.48. The molecular formula is C13H22BrN3O. The Morgan fingerprint density at radius 2 is 2.00 bits per heavy atom. The van der Waals surface area contributed by atoms with E-state index in [0.717, 1.165) is 34.8 Å². The first-order valence-corrected chi connectivity index (χ1v) is 7.27. The van der Waals surface area contributed by atoms with Gasteiger partial charge < -0.3 is 10.1 Å². The number of aromatic nitrogens is 2. The van der Waals surface area contributed by atoms with Gasteiger partial charge in [-0.15, -0.1) is 0 Å². The van der Waals surface area contributed by atoms with Gasteiger partial charge in [0.1, 0.15) is 12.4 Å². The summed E-state index contributed by atoms with van der Waals surface area (Å²) in [5.74, 6) is 1.96. The zero-order valence-corrected chi connectivity index (χ0v) is 13.2. The number of halogens is 1. The number of hydrogen-bond acceptors (Lipinski definition) is 4. The number of ether oxygens (including phenoxy) is 1. The minimum absolute atomic E-state index is 0.352. The summed E-state index contributed by atoms with van der Waals surface area (Å²) in [6.45, 7) is 10.4. The van der Waals surface area contributed by atoms with Crippen molar-refractivity contribution in [1.29, 1.82) is 0 Å². The van der Waals surface area contributed by atoms with Gasteiger partial charge in [-0.05, 0) is 35.2 Å². The summed E-state index contributed by atoms with van der Waals surface area (Å²) in [5.41, 5.74) is 1.03. The van der Waals surface area contributed by atoms with Crippen LogP contribution in [-0.4, -0.2) is 23.1 Å². The molecule has 102 valence electrons. The minimum Gasteiger partial charge on any atom is -0.374 e. The maximum absolute atomic E-state index is 5.39. The molecule has 0 fully saturated rings. The van der Waals surface area contributed by atoms with Crippen LogP contribution in [0.4, 0.5) is 5.82 Å². The second kappa shape index (κ2) is 7.69. The Labute approximate surface area is 118 Å². The van der Waals surface area contributed by atoms with E-state index in [-0.39, 0.29) is 0 Å². The zero-order chi connectivity index (χ0) is 13.5. The molecule has 0 aliphatic heterocycles. The summed E-state index contributed by atoms with van der Waals surface area (Å²) < 4.78 is 6.35. The molecule has 0 aromatic carbocycles. The highest BCUT2D eigenvalue weighted by molar-refractivity contribution is 9.10. The number of rotatable bonds is 7. The van der Waals surface area contributed by atoms with E-state index < -0.39 is 0 Å². The van der Waals surface area contributed by atoms with Gasteiger partial charge >= 0.3 is 0 Å². The third-order valence-corrected chi connectivity index (χ3v) is 3.23. The molecule has 1 rings (SSSR count). The van der Waals surface area contributed by atoms with Crippen LogP contribution in [0.1, 0.15) is 51.6 Å². The fourth-order valence-electron chi connectivity index (χ4n) is 1.51. The predicted octanol–water partition coefficient (Wildman–Crippen LogP) is 3.72. The summed E-state index contributed by atoms with van der Waals surface area (Å²) in [4.78, 5) is 9.05. The quantitative estimate of drug-likeness (QED) is 0.833. The molecule has 0 aliphatic rings. The molecule has 1 aromatic rings. The standard InChI is InChI=1S/C13H22BrN3O/c1-5-7-15-13-11(14)12(9(3)4)16-10(17-13)8-18-6-2/h9H,5-8H2,1-4H3,(H,15,16,17). The van der Waals surface area contributed by atoms with Gasteiger partial charge in [-0.2, -0.15) is 0 Å². The first kappa shape index (κ1) is 15.4. The number of hydrogen-bond donors (Lipinski definition) is 1. The molecule has 0 atom stereocenters. The Hall–Kier alpha value is -0.680. The highest BCUT2D eigenvalue weighted by Crippen LogP contribution is 2.28. The number of anilines is 1. The second-order valence-electron chi connectivity index (χ2n) is 4.41. The molecule has 0 saturated heterocycles. The molecule has 4 nitrogen and oxygen atoms in total. The van der Waals surface area contributed by atoms with Gasteiger partial charge in [-0.1, -0.05) is 20.8 Å². The molecule has 0 aliphatic carbocycles. The van der Waals surface area contributed by atoms with Gasteiger partial charge in [0.2, 0.25) is 0 Å². The van der Waals surface area contributed by atoms with E-state index in [1.165, 1.54) is 0 Å². The van der Waals surface area contributed by atoms with Gasteiger partial charge in [0.05, 0.1) is 10.2 Å².